The summed E-state index contributed by atoms with van der Waals surface area (Å²) < 4.78 is 14.8. The first-order chi connectivity index (χ1) is 8.15. The van der Waals surface area contributed by atoms with Crippen LogP contribution in [0, 0.1) is 11.2 Å². The van der Waals surface area contributed by atoms with E-state index in [-0.39, 0.29) is 5.82 Å². The van der Waals surface area contributed by atoms with E-state index in [1.165, 1.54) is 12.1 Å². The number of halogens is 1. The zero-order valence-electron chi connectivity index (χ0n) is 9.31. The van der Waals surface area contributed by atoms with Gasteiger partial charge in [0, 0.05) is 24.9 Å². The summed E-state index contributed by atoms with van der Waals surface area (Å²) in [5.74, 6) is 0.712. The van der Waals surface area contributed by atoms with Crippen molar-refractivity contribution in [2.24, 2.45) is 7.05 Å². The molecule has 86 valence electrons. The first-order valence-electron chi connectivity index (χ1n) is 5.30. The number of fused-ring (bicyclic) bond motifs is 1. The molecule has 3 rings (SSSR count). The van der Waals surface area contributed by atoms with Crippen molar-refractivity contribution in [2.75, 3.05) is 4.90 Å². The summed E-state index contributed by atoms with van der Waals surface area (Å²) in [4.78, 5) is 1.77. The van der Waals surface area contributed by atoms with Gasteiger partial charge in [-0.05, 0) is 17.7 Å². The van der Waals surface area contributed by atoms with E-state index >= 15 is 0 Å². The average Bonchev–Trinajstić information content (AvgIpc) is 2.84. The summed E-state index contributed by atoms with van der Waals surface area (Å²) in [7, 11) is 1.83. The lowest BCUT2D eigenvalue weighted by atomic mass is 10.1. The highest BCUT2D eigenvalue weighted by Crippen LogP contribution is 2.27. The standard InChI is InChI=1S/C12H11FN4/c1-16-5-4-11(15-16)17-7-8-2-3-9(13)6-10(8)12(17)14/h2-6,14H,7H2,1H3. The van der Waals surface area contributed by atoms with Gasteiger partial charge < -0.3 is 4.90 Å². The van der Waals surface area contributed by atoms with Crippen LogP contribution < -0.4 is 4.90 Å². The van der Waals surface area contributed by atoms with E-state index in [1.54, 1.807) is 15.6 Å². The number of nitrogens with zero attached hydrogens (tertiary/aromatic N) is 3. The van der Waals surface area contributed by atoms with Crippen LogP contribution >= 0.6 is 0 Å². The van der Waals surface area contributed by atoms with Crippen molar-refractivity contribution < 1.29 is 4.39 Å². The quantitative estimate of drug-likeness (QED) is 0.813. The molecule has 0 atom stereocenters. The van der Waals surface area contributed by atoms with Crippen LogP contribution in [0.1, 0.15) is 11.1 Å². The highest BCUT2D eigenvalue weighted by molar-refractivity contribution is 6.11. The molecule has 0 spiro atoms. The summed E-state index contributed by atoms with van der Waals surface area (Å²) in [6, 6.07) is 6.40. The molecule has 1 aromatic carbocycles. The average molecular weight is 230 g/mol. The number of amidine groups is 1. The molecule has 0 aliphatic carbocycles. The van der Waals surface area contributed by atoms with Gasteiger partial charge in [-0.25, -0.2) is 4.39 Å². The van der Waals surface area contributed by atoms with E-state index in [0.717, 1.165) is 5.56 Å². The van der Waals surface area contributed by atoms with Crippen LogP contribution in [0.5, 0.6) is 0 Å². The molecule has 1 aromatic heterocycles. The van der Waals surface area contributed by atoms with E-state index in [9.17, 15) is 4.39 Å². The van der Waals surface area contributed by atoms with Gasteiger partial charge in [0.1, 0.15) is 11.7 Å². The number of anilines is 1. The molecule has 0 amide bonds. The molecule has 17 heavy (non-hydrogen) atoms. The molecule has 2 aromatic rings. The third-order valence-electron chi connectivity index (χ3n) is 2.90. The number of hydrogen-bond acceptors (Lipinski definition) is 2. The molecule has 1 N–H and O–H groups in total. The van der Waals surface area contributed by atoms with Crippen LogP contribution in [0.25, 0.3) is 0 Å². The van der Waals surface area contributed by atoms with Crippen LogP contribution in [-0.4, -0.2) is 15.6 Å². The molecule has 0 fully saturated rings. The van der Waals surface area contributed by atoms with Gasteiger partial charge in [-0.3, -0.25) is 10.1 Å². The number of hydrogen-bond donors (Lipinski definition) is 1. The van der Waals surface area contributed by atoms with Crippen LogP contribution in [0.15, 0.2) is 30.5 Å². The van der Waals surface area contributed by atoms with E-state index in [2.05, 4.69) is 5.10 Å². The summed E-state index contributed by atoms with van der Waals surface area (Å²) in [6.45, 7) is 0.575. The molecule has 1 aliphatic rings. The van der Waals surface area contributed by atoms with E-state index in [0.29, 0.717) is 23.8 Å². The van der Waals surface area contributed by atoms with Gasteiger partial charge in [0.15, 0.2) is 5.82 Å². The molecule has 0 radical (unpaired) electrons. The van der Waals surface area contributed by atoms with Gasteiger partial charge >= 0.3 is 0 Å². The fraction of sp³-hybridized carbons (Fsp3) is 0.167. The molecule has 2 heterocycles. The Morgan fingerprint density at radius 1 is 1.35 bits per heavy atom. The topological polar surface area (TPSA) is 44.9 Å². The van der Waals surface area contributed by atoms with Crippen LogP contribution in [0.2, 0.25) is 0 Å². The van der Waals surface area contributed by atoms with Gasteiger partial charge in [-0.1, -0.05) is 6.07 Å². The van der Waals surface area contributed by atoms with Gasteiger partial charge in [0.2, 0.25) is 0 Å². The van der Waals surface area contributed by atoms with Gasteiger partial charge in [0.25, 0.3) is 0 Å². The Kier molecular flexibility index (Phi) is 2.01. The Bertz CT molecular complexity index is 602. The summed E-state index contributed by atoms with van der Waals surface area (Å²) in [5.41, 5.74) is 1.61. The van der Waals surface area contributed by atoms with E-state index in [1.807, 2.05) is 19.3 Å². The maximum Gasteiger partial charge on any atom is 0.156 e. The second-order valence-electron chi connectivity index (χ2n) is 4.08. The van der Waals surface area contributed by atoms with Crippen LogP contribution in [0.4, 0.5) is 10.2 Å². The molecule has 0 unspecified atom stereocenters. The molecule has 0 saturated heterocycles. The van der Waals surface area contributed by atoms with Gasteiger partial charge in [-0.15, -0.1) is 0 Å². The summed E-state index contributed by atoms with van der Waals surface area (Å²) >= 11 is 0. The molecular formula is C12H11FN4. The predicted octanol–water partition coefficient (Wildman–Crippen LogP) is 1.90. The Morgan fingerprint density at radius 2 is 2.18 bits per heavy atom. The minimum Gasteiger partial charge on any atom is -0.305 e. The second kappa shape index (κ2) is 3.41. The van der Waals surface area contributed by atoms with Crippen molar-refractivity contribution in [1.82, 2.24) is 9.78 Å². The predicted molar refractivity (Wildman–Crippen MR) is 62.6 cm³/mol. The zero-order chi connectivity index (χ0) is 12.0. The highest BCUT2D eigenvalue weighted by Gasteiger charge is 2.26. The van der Waals surface area contributed by atoms with Gasteiger partial charge in [-0.2, -0.15) is 5.10 Å². The summed E-state index contributed by atoms with van der Waals surface area (Å²) in [5, 5.41) is 12.3. The largest absolute Gasteiger partial charge is 0.305 e. The number of rotatable bonds is 1. The fourth-order valence-electron chi connectivity index (χ4n) is 2.04. The maximum absolute atomic E-state index is 13.1. The lowest BCUT2D eigenvalue weighted by Crippen LogP contribution is -2.23. The maximum atomic E-state index is 13.1. The number of benzene rings is 1. The van der Waals surface area contributed by atoms with Crippen molar-refractivity contribution in [3.05, 3.63) is 47.4 Å². The molecule has 4 nitrogen and oxygen atoms in total. The zero-order valence-corrected chi connectivity index (χ0v) is 9.31. The third kappa shape index (κ3) is 1.51. The minimum absolute atomic E-state index is 0.304. The van der Waals surface area contributed by atoms with E-state index in [4.69, 9.17) is 5.41 Å². The van der Waals surface area contributed by atoms with Crippen molar-refractivity contribution in [3.63, 3.8) is 0 Å². The van der Waals surface area contributed by atoms with Crippen molar-refractivity contribution in [1.29, 1.82) is 5.41 Å². The second-order valence-corrected chi connectivity index (χ2v) is 4.08. The number of aryl methyl sites for hydroxylation is 1. The molecule has 0 saturated carbocycles. The lowest BCUT2D eigenvalue weighted by Gasteiger charge is -2.13. The normalized spacial score (nSPS) is 14.2. The highest BCUT2D eigenvalue weighted by atomic mass is 19.1. The van der Waals surface area contributed by atoms with E-state index < -0.39 is 0 Å². The first kappa shape index (κ1) is 10.0. The fourth-order valence-corrected chi connectivity index (χ4v) is 2.04. The van der Waals surface area contributed by atoms with Crippen molar-refractivity contribution in [3.8, 4) is 0 Å². The molecule has 0 bridgehead atoms. The molecular weight excluding hydrogens is 219 g/mol. The molecule has 1 aliphatic heterocycles. The minimum atomic E-state index is -0.309. The molecule has 5 heteroatoms. The van der Waals surface area contributed by atoms with Crippen molar-refractivity contribution in [2.45, 2.75) is 6.54 Å². The first-order valence-corrected chi connectivity index (χ1v) is 5.30. The Balaban J connectivity index is 2.02. The van der Waals surface area contributed by atoms with Gasteiger partial charge in [0.05, 0.1) is 6.54 Å². The third-order valence-corrected chi connectivity index (χ3v) is 2.90. The van der Waals surface area contributed by atoms with Crippen LogP contribution in [-0.2, 0) is 13.6 Å². The smallest absolute Gasteiger partial charge is 0.156 e. The number of nitrogens with one attached hydrogen (secondary N) is 1. The van der Waals surface area contributed by atoms with Crippen molar-refractivity contribution >= 4 is 11.7 Å². The Hall–Kier alpha value is -2.17. The summed E-state index contributed by atoms with van der Waals surface area (Å²) in [6.07, 6.45) is 1.83. The monoisotopic (exact) mass is 230 g/mol. The Labute approximate surface area is 97.8 Å². The lowest BCUT2D eigenvalue weighted by molar-refractivity contribution is 0.627. The SMILES string of the molecule is Cn1ccc(N2Cc3ccc(F)cc3C2=N)n1. The van der Waals surface area contributed by atoms with Crippen LogP contribution in [0.3, 0.4) is 0 Å². The number of aromatic nitrogens is 2. The Morgan fingerprint density at radius 3 is 2.88 bits per heavy atom.